The third-order valence-electron chi connectivity index (χ3n) is 2.78. The molecule has 0 heterocycles. The Labute approximate surface area is 110 Å². The standard InChI is InChI=1S/C14H14N2O3/c17-13-7-5-12(6-8-13)15-10-9-11-3-1-2-4-14(11)16(18)19/h1-8,15,17H,9-10H2. The molecule has 0 atom stereocenters. The fourth-order valence-corrected chi connectivity index (χ4v) is 1.82. The Morgan fingerprint density at radius 2 is 1.79 bits per heavy atom. The number of para-hydroxylation sites is 1. The minimum Gasteiger partial charge on any atom is -0.508 e. The number of hydrogen-bond acceptors (Lipinski definition) is 4. The third-order valence-corrected chi connectivity index (χ3v) is 2.78. The molecule has 19 heavy (non-hydrogen) atoms. The van der Waals surface area contributed by atoms with Crippen LogP contribution in [0.5, 0.6) is 5.75 Å². The van der Waals surface area contributed by atoms with Crippen molar-refractivity contribution in [2.75, 3.05) is 11.9 Å². The monoisotopic (exact) mass is 258 g/mol. The van der Waals surface area contributed by atoms with Crippen LogP contribution >= 0.6 is 0 Å². The van der Waals surface area contributed by atoms with E-state index in [1.165, 1.54) is 6.07 Å². The molecule has 0 aliphatic rings. The van der Waals surface area contributed by atoms with E-state index in [2.05, 4.69) is 5.32 Å². The van der Waals surface area contributed by atoms with Gasteiger partial charge in [-0.25, -0.2) is 0 Å². The van der Waals surface area contributed by atoms with Crippen molar-refractivity contribution in [2.24, 2.45) is 0 Å². The molecule has 0 aliphatic heterocycles. The predicted molar refractivity (Wildman–Crippen MR) is 73.4 cm³/mol. The molecule has 5 nitrogen and oxygen atoms in total. The zero-order valence-electron chi connectivity index (χ0n) is 10.2. The van der Waals surface area contributed by atoms with Crippen LogP contribution in [0.4, 0.5) is 11.4 Å². The summed E-state index contributed by atoms with van der Waals surface area (Å²) in [5.74, 6) is 0.212. The number of hydrogen-bond donors (Lipinski definition) is 2. The number of aromatic hydroxyl groups is 1. The Balaban J connectivity index is 1.96. The van der Waals surface area contributed by atoms with E-state index < -0.39 is 0 Å². The number of benzene rings is 2. The van der Waals surface area contributed by atoms with Gasteiger partial charge in [0.15, 0.2) is 0 Å². The van der Waals surface area contributed by atoms with E-state index in [1.54, 1.807) is 42.5 Å². The van der Waals surface area contributed by atoms with Crippen LogP contribution in [0.15, 0.2) is 48.5 Å². The molecule has 0 amide bonds. The number of phenols is 1. The van der Waals surface area contributed by atoms with Crippen molar-refractivity contribution in [3.05, 3.63) is 64.2 Å². The highest BCUT2D eigenvalue weighted by atomic mass is 16.6. The topological polar surface area (TPSA) is 75.4 Å². The average molecular weight is 258 g/mol. The summed E-state index contributed by atoms with van der Waals surface area (Å²) in [6, 6.07) is 13.4. The number of phenolic OH excluding ortho intramolecular Hbond substituents is 1. The van der Waals surface area contributed by atoms with E-state index in [-0.39, 0.29) is 16.4 Å². The Morgan fingerprint density at radius 1 is 1.11 bits per heavy atom. The summed E-state index contributed by atoms with van der Waals surface area (Å²) in [4.78, 5) is 10.5. The van der Waals surface area contributed by atoms with Gasteiger partial charge in [0.05, 0.1) is 4.92 Å². The molecule has 0 saturated heterocycles. The second-order valence-corrected chi connectivity index (χ2v) is 4.11. The number of nitrogens with zero attached hydrogens (tertiary/aromatic N) is 1. The lowest BCUT2D eigenvalue weighted by Gasteiger charge is -2.07. The van der Waals surface area contributed by atoms with Crippen molar-refractivity contribution < 1.29 is 10.0 Å². The molecule has 2 aromatic rings. The normalized spacial score (nSPS) is 10.1. The van der Waals surface area contributed by atoms with Gasteiger partial charge >= 0.3 is 0 Å². The van der Waals surface area contributed by atoms with Crippen LogP contribution in [0.1, 0.15) is 5.56 Å². The summed E-state index contributed by atoms with van der Waals surface area (Å²) in [5.41, 5.74) is 1.73. The number of anilines is 1. The van der Waals surface area contributed by atoms with Crippen molar-refractivity contribution in [3.63, 3.8) is 0 Å². The third kappa shape index (κ3) is 3.45. The zero-order chi connectivity index (χ0) is 13.7. The lowest BCUT2D eigenvalue weighted by molar-refractivity contribution is -0.385. The Kier molecular flexibility index (Phi) is 3.97. The molecule has 0 bridgehead atoms. The van der Waals surface area contributed by atoms with E-state index in [4.69, 9.17) is 5.11 Å². The van der Waals surface area contributed by atoms with Crippen LogP contribution in [0.2, 0.25) is 0 Å². The van der Waals surface area contributed by atoms with Gasteiger partial charge in [-0.05, 0) is 30.7 Å². The minimum atomic E-state index is -0.365. The minimum absolute atomic E-state index is 0.148. The van der Waals surface area contributed by atoms with Gasteiger partial charge < -0.3 is 10.4 Å². The molecule has 0 spiro atoms. The average Bonchev–Trinajstić information content (AvgIpc) is 2.41. The first-order valence-corrected chi connectivity index (χ1v) is 5.92. The summed E-state index contributed by atoms with van der Waals surface area (Å²) in [6.45, 7) is 0.593. The maximum Gasteiger partial charge on any atom is 0.272 e. The second-order valence-electron chi connectivity index (χ2n) is 4.11. The van der Waals surface area contributed by atoms with Gasteiger partial charge in [0.2, 0.25) is 0 Å². The van der Waals surface area contributed by atoms with E-state index in [0.29, 0.717) is 18.5 Å². The first-order valence-electron chi connectivity index (χ1n) is 5.92. The van der Waals surface area contributed by atoms with Gasteiger partial charge in [0, 0.05) is 23.9 Å². The SMILES string of the molecule is O=[N+]([O-])c1ccccc1CCNc1ccc(O)cc1. The molecule has 0 fully saturated rings. The van der Waals surface area contributed by atoms with Crippen molar-refractivity contribution in [1.29, 1.82) is 0 Å². The highest BCUT2D eigenvalue weighted by Gasteiger charge is 2.11. The van der Waals surface area contributed by atoms with E-state index in [0.717, 1.165) is 5.69 Å². The summed E-state index contributed by atoms with van der Waals surface area (Å²) in [7, 11) is 0. The molecular weight excluding hydrogens is 244 g/mol. The van der Waals surface area contributed by atoms with Crippen LogP contribution in [0, 0.1) is 10.1 Å². The maximum absolute atomic E-state index is 10.8. The summed E-state index contributed by atoms with van der Waals surface area (Å²) < 4.78 is 0. The van der Waals surface area contributed by atoms with Crippen molar-refractivity contribution >= 4 is 11.4 Å². The van der Waals surface area contributed by atoms with Crippen molar-refractivity contribution in [1.82, 2.24) is 0 Å². The molecule has 0 aliphatic carbocycles. The van der Waals surface area contributed by atoms with Gasteiger partial charge in [-0.2, -0.15) is 0 Å². The molecule has 2 aromatic carbocycles. The number of nitro benzene ring substituents is 1. The molecule has 5 heteroatoms. The smallest absolute Gasteiger partial charge is 0.272 e. The van der Waals surface area contributed by atoms with Gasteiger partial charge in [-0.15, -0.1) is 0 Å². The van der Waals surface area contributed by atoms with Gasteiger partial charge in [0.1, 0.15) is 5.75 Å². The maximum atomic E-state index is 10.8. The molecule has 0 unspecified atom stereocenters. The van der Waals surface area contributed by atoms with Gasteiger partial charge in [-0.1, -0.05) is 18.2 Å². The molecule has 0 aromatic heterocycles. The van der Waals surface area contributed by atoms with Gasteiger partial charge in [0.25, 0.3) is 5.69 Å². The fourth-order valence-electron chi connectivity index (χ4n) is 1.82. The summed E-state index contributed by atoms with van der Waals surface area (Å²) >= 11 is 0. The molecule has 0 radical (unpaired) electrons. The van der Waals surface area contributed by atoms with Crippen LogP contribution in [0.3, 0.4) is 0 Å². The van der Waals surface area contributed by atoms with E-state index >= 15 is 0 Å². The summed E-state index contributed by atoms with van der Waals surface area (Å²) in [6.07, 6.45) is 0.567. The fraction of sp³-hybridized carbons (Fsp3) is 0.143. The van der Waals surface area contributed by atoms with Crippen LogP contribution in [-0.4, -0.2) is 16.6 Å². The Bertz CT molecular complexity index is 567. The molecule has 0 saturated carbocycles. The summed E-state index contributed by atoms with van der Waals surface area (Å²) in [5, 5.41) is 23.2. The number of nitro groups is 1. The highest BCUT2D eigenvalue weighted by molar-refractivity contribution is 5.46. The van der Waals surface area contributed by atoms with Crippen LogP contribution in [0.25, 0.3) is 0 Å². The quantitative estimate of drug-likeness (QED) is 0.491. The van der Waals surface area contributed by atoms with E-state index in [1.807, 2.05) is 0 Å². The van der Waals surface area contributed by atoms with E-state index in [9.17, 15) is 10.1 Å². The second kappa shape index (κ2) is 5.86. The van der Waals surface area contributed by atoms with Crippen LogP contribution in [-0.2, 0) is 6.42 Å². The Morgan fingerprint density at radius 3 is 2.47 bits per heavy atom. The molecular formula is C14H14N2O3. The highest BCUT2D eigenvalue weighted by Crippen LogP contribution is 2.18. The number of rotatable bonds is 5. The largest absolute Gasteiger partial charge is 0.508 e. The van der Waals surface area contributed by atoms with Crippen LogP contribution < -0.4 is 5.32 Å². The molecule has 2 rings (SSSR count). The lowest BCUT2D eigenvalue weighted by atomic mass is 10.1. The predicted octanol–water partition coefficient (Wildman–Crippen LogP) is 2.96. The first-order chi connectivity index (χ1) is 9.16. The Hall–Kier alpha value is -2.56. The van der Waals surface area contributed by atoms with Gasteiger partial charge in [-0.3, -0.25) is 10.1 Å². The number of nitrogens with one attached hydrogen (secondary N) is 1. The molecule has 98 valence electrons. The van der Waals surface area contributed by atoms with Crippen molar-refractivity contribution in [3.8, 4) is 5.75 Å². The zero-order valence-corrected chi connectivity index (χ0v) is 10.2. The van der Waals surface area contributed by atoms with Crippen molar-refractivity contribution in [2.45, 2.75) is 6.42 Å². The lowest BCUT2D eigenvalue weighted by Crippen LogP contribution is -2.06. The first kappa shape index (κ1) is 12.9. The molecule has 2 N–H and O–H groups in total.